The summed E-state index contributed by atoms with van der Waals surface area (Å²) >= 11 is 0. The van der Waals surface area contributed by atoms with Crippen LogP contribution in [0, 0.1) is 17.3 Å². The zero-order valence-electron chi connectivity index (χ0n) is 18.9. The first-order valence-corrected chi connectivity index (χ1v) is 11.8. The zero-order chi connectivity index (χ0) is 24.6. The number of halogens is 6. The second-order valence-corrected chi connectivity index (χ2v) is 10.1. The fraction of sp³-hybridized carbons (Fsp3) is 0.708. The molecule has 1 aromatic carbocycles. The Morgan fingerprint density at radius 1 is 0.971 bits per heavy atom. The molecule has 3 aliphatic rings. The number of carbonyl (C=O) groups is 1. The Morgan fingerprint density at radius 3 is 2.15 bits per heavy atom. The average Bonchev–Trinajstić information content (AvgIpc) is 3.49. The third-order valence-electron chi connectivity index (χ3n) is 7.25. The van der Waals surface area contributed by atoms with Crippen LogP contribution in [0.15, 0.2) is 18.2 Å². The first kappa shape index (κ1) is 25.3. The third kappa shape index (κ3) is 6.24. The number of likely N-dealkylation sites (tertiary alicyclic amines) is 1. The number of carbonyl (C=O) groups excluding carboxylic acids is 1. The van der Waals surface area contributed by atoms with E-state index in [1.807, 2.05) is 0 Å². The van der Waals surface area contributed by atoms with Crippen molar-refractivity contribution in [3.8, 4) is 0 Å². The van der Waals surface area contributed by atoms with Gasteiger partial charge in [-0.05, 0) is 67.8 Å². The largest absolute Gasteiger partial charge is 0.416 e. The van der Waals surface area contributed by atoms with E-state index in [0.717, 1.165) is 52.0 Å². The highest BCUT2D eigenvalue weighted by Crippen LogP contribution is 2.45. The molecule has 2 saturated heterocycles. The third-order valence-corrected chi connectivity index (χ3v) is 7.25. The van der Waals surface area contributed by atoms with E-state index in [1.54, 1.807) is 0 Å². The number of rotatable bonds is 7. The molecule has 4 nitrogen and oxygen atoms in total. The van der Waals surface area contributed by atoms with E-state index in [-0.39, 0.29) is 24.1 Å². The van der Waals surface area contributed by atoms with Crippen molar-refractivity contribution in [1.82, 2.24) is 10.2 Å². The first-order chi connectivity index (χ1) is 15.9. The predicted octanol–water partition coefficient (Wildman–Crippen LogP) is 5.26. The van der Waals surface area contributed by atoms with Crippen LogP contribution >= 0.6 is 0 Å². The zero-order valence-corrected chi connectivity index (χ0v) is 18.9. The van der Waals surface area contributed by atoms with Crippen LogP contribution in [0.4, 0.5) is 26.3 Å². The first-order valence-electron chi connectivity index (χ1n) is 11.8. The van der Waals surface area contributed by atoms with E-state index >= 15 is 0 Å². The Morgan fingerprint density at radius 2 is 1.59 bits per heavy atom. The predicted molar refractivity (Wildman–Crippen MR) is 113 cm³/mol. The van der Waals surface area contributed by atoms with Crippen LogP contribution in [0.25, 0.3) is 0 Å². The Balaban J connectivity index is 1.45. The van der Waals surface area contributed by atoms with Crippen LogP contribution in [0.2, 0.25) is 0 Å². The van der Waals surface area contributed by atoms with Gasteiger partial charge in [0.05, 0.1) is 16.5 Å². The van der Waals surface area contributed by atoms with Crippen molar-refractivity contribution < 1.29 is 35.9 Å². The molecule has 1 amide bonds. The van der Waals surface area contributed by atoms with Crippen molar-refractivity contribution in [3.05, 3.63) is 34.9 Å². The second-order valence-electron chi connectivity index (χ2n) is 10.1. The van der Waals surface area contributed by atoms with Gasteiger partial charge in [-0.15, -0.1) is 0 Å². The molecule has 0 aromatic heterocycles. The lowest BCUT2D eigenvalue weighted by Gasteiger charge is -2.31. The molecule has 1 N–H and O–H groups in total. The van der Waals surface area contributed by atoms with E-state index in [4.69, 9.17) is 4.74 Å². The van der Waals surface area contributed by atoms with Crippen molar-refractivity contribution >= 4 is 5.91 Å². The van der Waals surface area contributed by atoms with Gasteiger partial charge in [-0.1, -0.05) is 12.8 Å². The maximum atomic E-state index is 13.3. The molecule has 0 spiro atoms. The Labute approximate surface area is 195 Å². The van der Waals surface area contributed by atoms with Crippen molar-refractivity contribution in [2.45, 2.75) is 57.4 Å². The second kappa shape index (κ2) is 9.68. The van der Waals surface area contributed by atoms with Gasteiger partial charge < -0.3 is 15.0 Å². The van der Waals surface area contributed by atoms with E-state index in [9.17, 15) is 31.1 Å². The summed E-state index contributed by atoms with van der Waals surface area (Å²) in [5.41, 5.74) is -3.61. The minimum atomic E-state index is -4.91. The van der Waals surface area contributed by atoms with Gasteiger partial charge in [-0.3, -0.25) is 4.79 Å². The van der Waals surface area contributed by atoms with Gasteiger partial charge >= 0.3 is 12.4 Å². The summed E-state index contributed by atoms with van der Waals surface area (Å²) in [6, 6.07) is 1.45. The van der Waals surface area contributed by atoms with E-state index < -0.39 is 28.9 Å². The highest BCUT2D eigenvalue weighted by atomic mass is 19.4. The molecular formula is C24H30F6N2O2. The molecule has 10 heteroatoms. The molecule has 1 atom stereocenters. The van der Waals surface area contributed by atoms with Gasteiger partial charge in [0.2, 0.25) is 5.91 Å². The molecule has 190 valence electrons. The van der Waals surface area contributed by atoms with Crippen LogP contribution in [-0.2, 0) is 28.4 Å². The number of nitrogens with one attached hydrogen (secondary N) is 1. The van der Waals surface area contributed by atoms with Crippen molar-refractivity contribution in [2.24, 2.45) is 17.3 Å². The van der Waals surface area contributed by atoms with Crippen LogP contribution in [0.1, 0.15) is 55.2 Å². The maximum Gasteiger partial charge on any atom is 0.416 e. The molecule has 1 aromatic rings. The lowest BCUT2D eigenvalue weighted by Crippen LogP contribution is -2.44. The fourth-order valence-electron chi connectivity index (χ4n) is 5.22. The molecule has 2 heterocycles. The van der Waals surface area contributed by atoms with E-state index in [2.05, 4.69) is 10.2 Å². The number of benzene rings is 1. The molecule has 0 radical (unpaired) electrons. The number of hydrogen-bond acceptors (Lipinski definition) is 3. The number of ether oxygens (including phenoxy) is 1. The molecule has 4 rings (SSSR count). The Kier molecular flexibility index (Phi) is 7.20. The Bertz CT molecular complexity index is 845. The minimum Gasteiger partial charge on any atom is -0.381 e. The van der Waals surface area contributed by atoms with Gasteiger partial charge in [0.1, 0.15) is 0 Å². The van der Waals surface area contributed by atoms with Gasteiger partial charge in [-0.25, -0.2) is 0 Å². The average molecular weight is 493 g/mol. The fourth-order valence-corrected chi connectivity index (χ4v) is 5.22. The van der Waals surface area contributed by atoms with Gasteiger partial charge in [0, 0.05) is 32.8 Å². The monoisotopic (exact) mass is 492 g/mol. The SMILES string of the molecule is O=C(NCc1cc(C(F)(F)F)cc(C(F)(F)F)c1)C1(CC2CC2)CCN(CC2CCOCC2)C1. The molecule has 0 bridgehead atoms. The van der Waals surface area contributed by atoms with E-state index in [1.165, 1.54) is 0 Å². The summed E-state index contributed by atoms with van der Waals surface area (Å²) in [4.78, 5) is 15.6. The summed E-state index contributed by atoms with van der Waals surface area (Å²) in [6.45, 7) is 3.32. The molecule has 1 aliphatic carbocycles. The summed E-state index contributed by atoms with van der Waals surface area (Å²) < 4.78 is 84.4. The van der Waals surface area contributed by atoms with Crippen molar-refractivity contribution in [2.75, 3.05) is 32.8 Å². The van der Waals surface area contributed by atoms with Crippen molar-refractivity contribution in [1.29, 1.82) is 0 Å². The van der Waals surface area contributed by atoms with Crippen LogP contribution < -0.4 is 5.32 Å². The molecule has 1 unspecified atom stereocenters. The van der Waals surface area contributed by atoms with Crippen molar-refractivity contribution in [3.63, 3.8) is 0 Å². The highest BCUT2D eigenvalue weighted by molar-refractivity contribution is 5.83. The number of alkyl halides is 6. The summed E-state index contributed by atoms with van der Waals surface area (Å²) in [7, 11) is 0. The van der Waals surface area contributed by atoms with Crippen LogP contribution in [0.5, 0.6) is 0 Å². The number of hydrogen-bond donors (Lipinski definition) is 1. The summed E-state index contributed by atoms with van der Waals surface area (Å²) in [5, 5.41) is 2.68. The number of amides is 1. The molecule has 2 aliphatic heterocycles. The molecule has 34 heavy (non-hydrogen) atoms. The molecule has 3 fully saturated rings. The highest BCUT2D eigenvalue weighted by Gasteiger charge is 2.47. The summed E-state index contributed by atoms with van der Waals surface area (Å²) in [6.07, 6.45) is -4.40. The van der Waals surface area contributed by atoms with Crippen LogP contribution in [0.3, 0.4) is 0 Å². The maximum absolute atomic E-state index is 13.3. The van der Waals surface area contributed by atoms with Crippen LogP contribution in [-0.4, -0.2) is 43.7 Å². The smallest absolute Gasteiger partial charge is 0.381 e. The van der Waals surface area contributed by atoms with Gasteiger partial charge in [0.25, 0.3) is 0 Å². The molecule has 1 saturated carbocycles. The quantitative estimate of drug-likeness (QED) is 0.528. The van der Waals surface area contributed by atoms with E-state index in [0.29, 0.717) is 43.4 Å². The lowest BCUT2D eigenvalue weighted by atomic mass is 9.80. The number of nitrogens with zero attached hydrogens (tertiary/aromatic N) is 1. The Hall–Kier alpha value is -1.81. The normalized spacial score (nSPS) is 25.0. The standard InChI is InChI=1S/C24H30F6N2O2/c25-23(26,27)19-9-18(10-20(11-19)24(28,29)30)13-31-21(33)22(12-16-1-2-16)5-6-32(15-22)14-17-3-7-34-8-4-17/h9-11,16-17H,1-8,12-15H2,(H,31,33). The molecular weight excluding hydrogens is 462 g/mol. The minimum absolute atomic E-state index is 0.102. The lowest BCUT2D eigenvalue weighted by molar-refractivity contribution is -0.143. The van der Waals surface area contributed by atoms with Gasteiger partial charge in [-0.2, -0.15) is 26.3 Å². The van der Waals surface area contributed by atoms with Gasteiger partial charge in [0.15, 0.2) is 0 Å². The topological polar surface area (TPSA) is 41.6 Å². The summed E-state index contributed by atoms with van der Waals surface area (Å²) in [5.74, 6) is 0.693.